The Bertz CT molecular complexity index is 663. The summed E-state index contributed by atoms with van der Waals surface area (Å²) < 4.78 is 5.34. The third-order valence-corrected chi connectivity index (χ3v) is 7.92. The number of hydrogen-bond donors (Lipinski definition) is 3. The largest absolute Gasteiger partial charge is 0.480 e. The number of thiol groups is 1. The lowest BCUT2D eigenvalue weighted by Crippen LogP contribution is -2.65. The topological polar surface area (TPSA) is 95.9 Å². The molecular formula is C24H40N2O5S. The predicted octanol–water partition coefficient (Wildman–Crippen LogP) is 3.33. The van der Waals surface area contributed by atoms with Gasteiger partial charge in [-0.1, -0.05) is 20.8 Å². The van der Waals surface area contributed by atoms with Crippen LogP contribution in [-0.2, 0) is 19.1 Å². The van der Waals surface area contributed by atoms with Crippen molar-refractivity contribution in [1.29, 1.82) is 0 Å². The van der Waals surface area contributed by atoms with Gasteiger partial charge >= 0.3 is 11.9 Å². The Hall–Kier alpha value is -1.28. The fourth-order valence-corrected chi connectivity index (χ4v) is 6.54. The zero-order chi connectivity index (χ0) is 23.5. The van der Waals surface area contributed by atoms with Gasteiger partial charge in [0, 0.05) is 23.6 Å². The molecular weight excluding hydrogens is 428 g/mol. The average molecular weight is 469 g/mol. The molecule has 4 aliphatic carbocycles. The molecule has 0 heterocycles. The first-order chi connectivity index (χ1) is 15.1. The number of carbonyl (C=O) groups is 3. The van der Waals surface area contributed by atoms with Crippen LogP contribution in [0.25, 0.3) is 0 Å². The molecule has 8 heteroatoms. The van der Waals surface area contributed by atoms with Crippen LogP contribution < -0.4 is 5.32 Å². The Morgan fingerprint density at radius 1 is 1.09 bits per heavy atom. The van der Waals surface area contributed by atoms with E-state index in [0.29, 0.717) is 36.5 Å². The summed E-state index contributed by atoms with van der Waals surface area (Å²) >= 11 is 4.25. The van der Waals surface area contributed by atoms with Crippen molar-refractivity contribution in [2.24, 2.45) is 29.6 Å². The zero-order valence-corrected chi connectivity index (χ0v) is 20.6. The third-order valence-electron chi connectivity index (χ3n) is 7.37. The second-order valence-corrected chi connectivity index (χ2v) is 11.3. The number of esters is 1. The van der Waals surface area contributed by atoms with Gasteiger partial charge in [0.1, 0.15) is 6.54 Å². The summed E-state index contributed by atoms with van der Waals surface area (Å²) in [5.41, 5.74) is -0.0670. The monoisotopic (exact) mass is 468 g/mol. The predicted molar refractivity (Wildman–Crippen MR) is 125 cm³/mol. The Morgan fingerprint density at radius 3 is 2.12 bits per heavy atom. The van der Waals surface area contributed by atoms with E-state index in [1.165, 1.54) is 24.2 Å². The second kappa shape index (κ2) is 10.8. The number of ether oxygens (including phenoxy) is 1. The van der Waals surface area contributed by atoms with Crippen molar-refractivity contribution < 1.29 is 24.2 Å². The standard InChI is InChI=1S/C24H40N2O5S/c1-15(2)13-31-22(29)5-4-20(26(12-21(27)28)23(30)16(3)14-32)25-24-9-17-6-18(10-24)8-19(7-17)11-24/h15-20,25,32H,4-14H2,1-3H3,(H,27,28)/t16-,17?,18?,19?,20?,24?/m1/s1. The van der Waals surface area contributed by atoms with Crippen LogP contribution in [-0.4, -0.2) is 58.5 Å². The molecule has 2 N–H and O–H groups in total. The quantitative estimate of drug-likeness (QED) is 0.231. The Kier molecular flexibility index (Phi) is 8.53. The van der Waals surface area contributed by atoms with Crippen LogP contribution in [0.4, 0.5) is 0 Å². The highest BCUT2D eigenvalue weighted by molar-refractivity contribution is 7.80. The van der Waals surface area contributed by atoms with E-state index in [4.69, 9.17) is 4.74 Å². The Morgan fingerprint density at radius 2 is 1.66 bits per heavy atom. The molecule has 0 saturated heterocycles. The van der Waals surface area contributed by atoms with Crippen LogP contribution in [0.15, 0.2) is 0 Å². The lowest BCUT2D eigenvalue weighted by molar-refractivity contribution is -0.151. The smallest absolute Gasteiger partial charge is 0.323 e. The van der Waals surface area contributed by atoms with Crippen molar-refractivity contribution in [3.05, 3.63) is 0 Å². The minimum absolute atomic E-state index is 0.0670. The van der Waals surface area contributed by atoms with Gasteiger partial charge in [-0.2, -0.15) is 12.6 Å². The minimum atomic E-state index is -1.05. The first-order valence-electron chi connectivity index (χ1n) is 12.2. The molecule has 1 unspecified atom stereocenters. The lowest BCUT2D eigenvalue weighted by Gasteiger charge is -2.58. The van der Waals surface area contributed by atoms with Crippen LogP contribution in [0.2, 0.25) is 0 Å². The summed E-state index contributed by atoms with van der Waals surface area (Å²) in [4.78, 5) is 38.6. The molecule has 1 amide bonds. The van der Waals surface area contributed by atoms with Crippen molar-refractivity contribution >= 4 is 30.5 Å². The van der Waals surface area contributed by atoms with Crippen molar-refractivity contribution in [2.45, 2.75) is 83.8 Å². The van der Waals surface area contributed by atoms with Crippen LogP contribution in [0.5, 0.6) is 0 Å². The summed E-state index contributed by atoms with van der Waals surface area (Å²) in [5.74, 6) is 0.745. The van der Waals surface area contributed by atoms with Gasteiger partial charge in [0.05, 0.1) is 12.8 Å². The molecule has 0 aromatic heterocycles. The number of nitrogens with one attached hydrogen (secondary N) is 1. The van der Waals surface area contributed by atoms with Crippen molar-refractivity contribution in [3.8, 4) is 0 Å². The van der Waals surface area contributed by atoms with Crippen LogP contribution >= 0.6 is 12.6 Å². The van der Waals surface area contributed by atoms with Gasteiger partial charge in [-0.15, -0.1) is 0 Å². The number of aliphatic carboxylic acids is 1. The fraction of sp³-hybridized carbons (Fsp3) is 0.875. The summed E-state index contributed by atoms with van der Waals surface area (Å²) in [5, 5.41) is 13.3. The molecule has 182 valence electrons. The average Bonchev–Trinajstić information content (AvgIpc) is 2.71. The molecule has 32 heavy (non-hydrogen) atoms. The van der Waals surface area contributed by atoms with Gasteiger partial charge in [0.25, 0.3) is 0 Å². The molecule has 4 rings (SSSR count). The van der Waals surface area contributed by atoms with E-state index in [2.05, 4.69) is 17.9 Å². The Balaban J connectivity index is 1.78. The number of nitrogens with zero attached hydrogens (tertiary/aromatic N) is 1. The molecule has 7 nitrogen and oxygen atoms in total. The van der Waals surface area contributed by atoms with E-state index >= 15 is 0 Å². The van der Waals surface area contributed by atoms with Gasteiger partial charge in [0.2, 0.25) is 5.91 Å². The minimum Gasteiger partial charge on any atom is -0.480 e. The van der Waals surface area contributed by atoms with E-state index in [-0.39, 0.29) is 36.3 Å². The molecule has 4 fully saturated rings. The molecule has 0 aliphatic heterocycles. The van der Waals surface area contributed by atoms with E-state index in [0.717, 1.165) is 19.3 Å². The molecule has 4 aliphatic rings. The van der Waals surface area contributed by atoms with Gasteiger partial charge in [-0.25, -0.2) is 0 Å². The van der Waals surface area contributed by atoms with Crippen LogP contribution in [0, 0.1) is 29.6 Å². The maximum absolute atomic E-state index is 13.2. The van der Waals surface area contributed by atoms with E-state index in [1.807, 2.05) is 13.8 Å². The molecule has 4 bridgehead atoms. The van der Waals surface area contributed by atoms with Crippen molar-refractivity contribution in [1.82, 2.24) is 10.2 Å². The normalized spacial score (nSPS) is 30.2. The van der Waals surface area contributed by atoms with Gasteiger partial charge < -0.3 is 14.7 Å². The molecule has 2 atom stereocenters. The van der Waals surface area contributed by atoms with Gasteiger partial charge in [-0.05, 0) is 68.6 Å². The number of carboxylic acid groups (broad SMARTS) is 1. The number of rotatable bonds is 12. The van der Waals surface area contributed by atoms with Crippen LogP contribution in [0.1, 0.15) is 72.1 Å². The maximum Gasteiger partial charge on any atom is 0.323 e. The summed E-state index contributed by atoms with van der Waals surface area (Å²) in [6, 6.07) is 0. The SMILES string of the molecule is CC(C)COC(=O)CCC(NC12CC3CC(CC(C3)C1)C2)N(CC(=O)O)C(=O)[C@H](C)CS. The highest BCUT2D eigenvalue weighted by Gasteiger charge is 2.52. The zero-order valence-electron chi connectivity index (χ0n) is 19.7. The molecule has 0 aromatic rings. The third kappa shape index (κ3) is 6.40. The van der Waals surface area contributed by atoms with Crippen molar-refractivity contribution in [2.75, 3.05) is 18.9 Å². The highest BCUT2D eigenvalue weighted by Crippen LogP contribution is 2.55. The fourth-order valence-electron chi connectivity index (χ4n) is 6.38. The lowest BCUT2D eigenvalue weighted by atomic mass is 9.53. The summed E-state index contributed by atoms with van der Waals surface area (Å²) in [6.45, 7) is 5.71. The summed E-state index contributed by atoms with van der Waals surface area (Å²) in [7, 11) is 0. The maximum atomic E-state index is 13.2. The van der Waals surface area contributed by atoms with Gasteiger partial charge in [0.15, 0.2) is 0 Å². The molecule has 0 spiro atoms. The first-order valence-corrected chi connectivity index (χ1v) is 12.8. The first kappa shape index (κ1) is 25.3. The molecule has 0 aromatic carbocycles. The summed E-state index contributed by atoms with van der Waals surface area (Å²) in [6.07, 6.45) is 7.08. The number of hydrogen-bond acceptors (Lipinski definition) is 6. The van der Waals surface area contributed by atoms with Crippen LogP contribution in [0.3, 0.4) is 0 Å². The number of amides is 1. The van der Waals surface area contributed by atoms with Crippen molar-refractivity contribution in [3.63, 3.8) is 0 Å². The Labute approximate surface area is 197 Å². The molecule has 0 radical (unpaired) electrons. The van der Waals surface area contributed by atoms with E-state index in [9.17, 15) is 19.5 Å². The van der Waals surface area contributed by atoms with E-state index < -0.39 is 18.1 Å². The second-order valence-electron chi connectivity index (χ2n) is 10.9. The number of carboxylic acids is 1. The highest BCUT2D eigenvalue weighted by atomic mass is 32.1. The van der Waals surface area contributed by atoms with Gasteiger partial charge in [-0.3, -0.25) is 19.7 Å². The number of carbonyl (C=O) groups excluding carboxylic acids is 2. The molecule has 4 saturated carbocycles. The van der Waals surface area contributed by atoms with E-state index in [1.54, 1.807) is 6.92 Å².